The fourth-order valence-electron chi connectivity index (χ4n) is 2.50. The number of benzene rings is 1. The highest BCUT2D eigenvalue weighted by molar-refractivity contribution is 5.41. The smallest absolute Gasteiger partial charge is 0.260 e. The molecule has 0 aliphatic carbocycles. The van der Waals surface area contributed by atoms with E-state index in [0.29, 0.717) is 12.2 Å². The number of anilines is 1. The minimum Gasteiger partial charge on any atom is -0.363 e. The number of halogens is 2. The van der Waals surface area contributed by atoms with E-state index in [1.165, 1.54) is 4.68 Å². The van der Waals surface area contributed by atoms with Gasteiger partial charge in [-0.15, -0.1) is 0 Å². The number of aromatic nitrogens is 2. The molecule has 1 N–H and O–H groups in total. The highest BCUT2D eigenvalue weighted by atomic mass is 19.3. The van der Waals surface area contributed by atoms with E-state index in [1.807, 2.05) is 31.2 Å². The largest absolute Gasteiger partial charge is 0.363 e. The zero-order valence-electron chi connectivity index (χ0n) is 10.6. The molecule has 2 atom stereocenters. The fraction of sp³-hybridized carbons (Fsp3) is 0.357. The van der Waals surface area contributed by atoms with Crippen LogP contribution in [0, 0.1) is 6.92 Å². The first-order valence-corrected chi connectivity index (χ1v) is 6.30. The predicted octanol–water partition coefficient (Wildman–Crippen LogP) is 3.55. The molecule has 1 aliphatic rings. The second-order valence-corrected chi connectivity index (χ2v) is 4.91. The van der Waals surface area contributed by atoms with Gasteiger partial charge in [0.25, 0.3) is 6.43 Å². The molecule has 1 aromatic carbocycles. The van der Waals surface area contributed by atoms with Gasteiger partial charge in [0.1, 0.15) is 11.9 Å². The molecule has 0 saturated heterocycles. The van der Waals surface area contributed by atoms with Crippen LogP contribution < -0.4 is 5.32 Å². The van der Waals surface area contributed by atoms with Crippen LogP contribution in [0.5, 0.6) is 0 Å². The molecule has 0 bridgehead atoms. The Balaban J connectivity index is 1.92. The van der Waals surface area contributed by atoms with E-state index in [-0.39, 0.29) is 6.04 Å². The Morgan fingerprint density at radius 3 is 2.68 bits per heavy atom. The van der Waals surface area contributed by atoms with Gasteiger partial charge in [-0.2, -0.15) is 5.10 Å². The minimum absolute atomic E-state index is 0.0937. The van der Waals surface area contributed by atoms with Crippen molar-refractivity contribution in [1.82, 2.24) is 9.78 Å². The molecule has 0 unspecified atom stereocenters. The number of fused-ring (bicyclic) bond motifs is 1. The molecule has 0 saturated carbocycles. The quantitative estimate of drug-likeness (QED) is 0.898. The number of nitrogens with zero attached hydrogens (tertiary/aromatic N) is 2. The van der Waals surface area contributed by atoms with E-state index in [4.69, 9.17) is 0 Å². The molecule has 100 valence electrons. The van der Waals surface area contributed by atoms with Crippen LogP contribution in [0.1, 0.15) is 29.6 Å². The van der Waals surface area contributed by atoms with Gasteiger partial charge in [-0.05, 0) is 18.9 Å². The van der Waals surface area contributed by atoms with Crippen molar-refractivity contribution in [3.05, 3.63) is 47.7 Å². The number of nitrogens with one attached hydrogen (secondary N) is 1. The molecule has 5 heteroatoms. The summed E-state index contributed by atoms with van der Waals surface area (Å²) in [5, 5.41) is 7.24. The van der Waals surface area contributed by atoms with E-state index < -0.39 is 12.5 Å². The second-order valence-electron chi connectivity index (χ2n) is 4.91. The van der Waals surface area contributed by atoms with Crippen molar-refractivity contribution < 1.29 is 8.78 Å². The van der Waals surface area contributed by atoms with E-state index in [0.717, 1.165) is 11.1 Å². The van der Waals surface area contributed by atoms with Gasteiger partial charge in [0.2, 0.25) is 0 Å². The van der Waals surface area contributed by atoms with Crippen molar-refractivity contribution in [3.63, 3.8) is 0 Å². The van der Waals surface area contributed by atoms with Gasteiger partial charge < -0.3 is 5.32 Å². The van der Waals surface area contributed by atoms with Gasteiger partial charge in [-0.1, -0.05) is 29.8 Å². The number of hydrogen-bond donors (Lipinski definition) is 1. The lowest BCUT2D eigenvalue weighted by atomic mass is 9.97. The molecule has 0 radical (unpaired) electrons. The first-order valence-electron chi connectivity index (χ1n) is 6.30. The Morgan fingerprint density at radius 1 is 1.26 bits per heavy atom. The third kappa shape index (κ3) is 2.20. The average Bonchev–Trinajstić information content (AvgIpc) is 2.86. The standard InChI is InChI=1S/C14H15F2N3/c1-9-2-4-10(5-3-9)11-8-12(14(15)16)19-13(18-11)6-7-17-19/h2-7,11-12,14,18H,8H2,1H3/t11-,12+/m0/s1. The number of hydrogen-bond acceptors (Lipinski definition) is 2. The molecule has 1 aromatic heterocycles. The third-order valence-electron chi connectivity index (χ3n) is 3.55. The fourth-order valence-corrected chi connectivity index (χ4v) is 2.50. The van der Waals surface area contributed by atoms with Crippen LogP contribution in [0.15, 0.2) is 36.5 Å². The zero-order chi connectivity index (χ0) is 13.4. The van der Waals surface area contributed by atoms with Gasteiger partial charge in [0, 0.05) is 6.07 Å². The summed E-state index contributed by atoms with van der Waals surface area (Å²) in [4.78, 5) is 0. The summed E-state index contributed by atoms with van der Waals surface area (Å²) in [7, 11) is 0. The summed E-state index contributed by atoms with van der Waals surface area (Å²) in [6.07, 6.45) is -0.515. The van der Waals surface area contributed by atoms with Crippen LogP contribution in [-0.2, 0) is 0 Å². The highest BCUT2D eigenvalue weighted by Gasteiger charge is 2.33. The molecule has 2 heterocycles. The van der Waals surface area contributed by atoms with Crippen LogP contribution in [0.3, 0.4) is 0 Å². The zero-order valence-corrected chi connectivity index (χ0v) is 10.6. The van der Waals surface area contributed by atoms with Crippen molar-refractivity contribution in [2.24, 2.45) is 0 Å². The van der Waals surface area contributed by atoms with Gasteiger partial charge >= 0.3 is 0 Å². The Bertz CT molecular complexity index is 562. The van der Waals surface area contributed by atoms with Crippen molar-refractivity contribution >= 4 is 5.82 Å². The molecule has 0 fully saturated rings. The Labute approximate surface area is 110 Å². The first-order chi connectivity index (χ1) is 9.15. The first kappa shape index (κ1) is 12.1. The molecule has 1 aliphatic heterocycles. The van der Waals surface area contributed by atoms with E-state index >= 15 is 0 Å². The Morgan fingerprint density at radius 2 is 2.00 bits per heavy atom. The molecular weight excluding hydrogens is 248 g/mol. The van der Waals surface area contributed by atoms with Crippen molar-refractivity contribution in [2.45, 2.75) is 31.9 Å². The SMILES string of the molecule is Cc1ccc([C@@H]2C[C@H](C(F)F)n3nccc3N2)cc1. The lowest BCUT2D eigenvalue weighted by molar-refractivity contribution is 0.0658. The normalized spacial score (nSPS) is 22.1. The lowest BCUT2D eigenvalue weighted by Gasteiger charge is -2.32. The van der Waals surface area contributed by atoms with Crippen LogP contribution in [-0.4, -0.2) is 16.2 Å². The molecule has 19 heavy (non-hydrogen) atoms. The van der Waals surface area contributed by atoms with E-state index in [9.17, 15) is 8.78 Å². The van der Waals surface area contributed by atoms with Gasteiger partial charge in [-0.3, -0.25) is 0 Å². The van der Waals surface area contributed by atoms with Crippen LogP contribution in [0.4, 0.5) is 14.6 Å². The summed E-state index contributed by atoms with van der Waals surface area (Å²) < 4.78 is 27.7. The van der Waals surface area contributed by atoms with E-state index in [1.54, 1.807) is 12.3 Å². The van der Waals surface area contributed by atoms with E-state index in [2.05, 4.69) is 10.4 Å². The van der Waals surface area contributed by atoms with Crippen LogP contribution in [0.25, 0.3) is 0 Å². The molecule has 3 rings (SSSR count). The maximum atomic E-state index is 13.1. The molecule has 0 amide bonds. The minimum atomic E-state index is -2.41. The summed E-state index contributed by atoms with van der Waals surface area (Å²) in [5.74, 6) is 0.655. The second kappa shape index (κ2) is 4.64. The molecule has 2 aromatic rings. The van der Waals surface area contributed by atoms with Gasteiger partial charge in [0.05, 0.1) is 12.2 Å². The number of rotatable bonds is 2. The molecule has 0 spiro atoms. The maximum Gasteiger partial charge on any atom is 0.260 e. The Hall–Kier alpha value is -1.91. The maximum absolute atomic E-state index is 13.1. The van der Waals surface area contributed by atoms with Crippen molar-refractivity contribution in [1.29, 1.82) is 0 Å². The average molecular weight is 263 g/mol. The topological polar surface area (TPSA) is 29.9 Å². The number of aryl methyl sites for hydroxylation is 1. The van der Waals surface area contributed by atoms with Crippen molar-refractivity contribution in [3.8, 4) is 0 Å². The number of alkyl halides is 2. The highest BCUT2D eigenvalue weighted by Crippen LogP contribution is 2.37. The van der Waals surface area contributed by atoms with Crippen LogP contribution >= 0.6 is 0 Å². The molecular formula is C14H15F2N3. The van der Waals surface area contributed by atoms with Gasteiger partial charge in [-0.25, -0.2) is 13.5 Å². The summed E-state index contributed by atoms with van der Waals surface area (Å²) in [5.41, 5.74) is 2.19. The molecule has 3 nitrogen and oxygen atoms in total. The van der Waals surface area contributed by atoms with Crippen molar-refractivity contribution in [2.75, 3.05) is 5.32 Å². The summed E-state index contributed by atoms with van der Waals surface area (Å²) >= 11 is 0. The van der Waals surface area contributed by atoms with Crippen LogP contribution in [0.2, 0.25) is 0 Å². The lowest BCUT2D eigenvalue weighted by Crippen LogP contribution is -2.30. The Kier molecular flexibility index (Phi) is 2.97. The third-order valence-corrected chi connectivity index (χ3v) is 3.55. The monoisotopic (exact) mass is 263 g/mol. The summed E-state index contributed by atoms with van der Waals surface area (Å²) in [6, 6.07) is 8.75. The predicted molar refractivity (Wildman–Crippen MR) is 69.4 cm³/mol. The summed E-state index contributed by atoms with van der Waals surface area (Å²) in [6.45, 7) is 2.01. The van der Waals surface area contributed by atoms with Gasteiger partial charge in [0.15, 0.2) is 0 Å².